The van der Waals surface area contributed by atoms with E-state index in [1.54, 1.807) is 27.8 Å². The molecule has 0 aromatic heterocycles. The molecular formula is C12H24N2O3. The van der Waals surface area contributed by atoms with Crippen molar-refractivity contribution in [3.63, 3.8) is 0 Å². The lowest BCUT2D eigenvalue weighted by Crippen LogP contribution is -2.56. The van der Waals surface area contributed by atoms with E-state index >= 15 is 0 Å². The fourth-order valence-corrected chi connectivity index (χ4v) is 1.17. The van der Waals surface area contributed by atoms with Gasteiger partial charge in [0.05, 0.1) is 0 Å². The maximum absolute atomic E-state index is 11.9. The molecule has 0 heterocycles. The van der Waals surface area contributed by atoms with Gasteiger partial charge in [-0.15, -0.1) is 0 Å². The van der Waals surface area contributed by atoms with Crippen molar-refractivity contribution in [3.05, 3.63) is 0 Å². The summed E-state index contributed by atoms with van der Waals surface area (Å²) in [5.74, 6) is -1.02. The van der Waals surface area contributed by atoms with E-state index in [0.717, 1.165) is 0 Å². The number of nitrogens with one attached hydrogen (secondary N) is 1. The molecule has 0 unspecified atom stereocenters. The van der Waals surface area contributed by atoms with Crippen LogP contribution in [0.1, 0.15) is 41.5 Å². The van der Waals surface area contributed by atoms with E-state index in [1.165, 1.54) is 4.90 Å². The van der Waals surface area contributed by atoms with Crippen molar-refractivity contribution in [2.75, 3.05) is 7.05 Å². The topological polar surface area (TPSA) is 69.6 Å². The highest BCUT2D eigenvalue weighted by molar-refractivity contribution is 5.83. The van der Waals surface area contributed by atoms with Gasteiger partial charge in [-0.2, -0.15) is 0 Å². The second kappa shape index (κ2) is 4.94. The van der Waals surface area contributed by atoms with Crippen molar-refractivity contribution >= 4 is 12.0 Å². The fraction of sp³-hybridized carbons (Fsp3) is 0.833. The van der Waals surface area contributed by atoms with E-state index < -0.39 is 17.4 Å². The highest BCUT2D eigenvalue weighted by Crippen LogP contribution is 2.20. The summed E-state index contributed by atoms with van der Waals surface area (Å²) in [6.45, 7) is 11.0. The molecule has 0 bridgehead atoms. The number of urea groups is 1. The second-order valence-corrected chi connectivity index (χ2v) is 6.32. The molecule has 0 aromatic rings. The van der Waals surface area contributed by atoms with E-state index in [4.69, 9.17) is 5.11 Å². The molecule has 0 aliphatic heterocycles. The van der Waals surface area contributed by atoms with Gasteiger partial charge in [0, 0.05) is 12.6 Å². The van der Waals surface area contributed by atoms with Crippen LogP contribution in [-0.2, 0) is 4.79 Å². The molecule has 1 atom stereocenters. The summed E-state index contributed by atoms with van der Waals surface area (Å²) >= 11 is 0. The van der Waals surface area contributed by atoms with E-state index in [1.807, 2.05) is 20.8 Å². The van der Waals surface area contributed by atoms with Crippen LogP contribution in [0.2, 0.25) is 0 Å². The van der Waals surface area contributed by atoms with Gasteiger partial charge in [-0.05, 0) is 26.2 Å². The zero-order chi connectivity index (χ0) is 14.0. The van der Waals surface area contributed by atoms with Crippen molar-refractivity contribution in [3.8, 4) is 0 Å². The van der Waals surface area contributed by atoms with E-state index in [0.29, 0.717) is 0 Å². The van der Waals surface area contributed by atoms with Gasteiger partial charge < -0.3 is 15.3 Å². The molecule has 2 N–H and O–H groups in total. The highest BCUT2D eigenvalue weighted by Gasteiger charge is 2.34. The minimum Gasteiger partial charge on any atom is -0.480 e. The van der Waals surface area contributed by atoms with E-state index in [2.05, 4.69) is 5.32 Å². The number of nitrogens with zero attached hydrogens (tertiary/aromatic N) is 1. The predicted molar refractivity (Wildman–Crippen MR) is 66.9 cm³/mol. The largest absolute Gasteiger partial charge is 0.480 e. The maximum atomic E-state index is 11.9. The van der Waals surface area contributed by atoms with E-state index in [9.17, 15) is 9.59 Å². The van der Waals surface area contributed by atoms with Gasteiger partial charge in [-0.25, -0.2) is 9.59 Å². The minimum absolute atomic E-state index is 0.342. The molecule has 17 heavy (non-hydrogen) atoms. The molecule has 100 valence electrons. The van der Waals surface area contributed by atoms with Crippen LogP contribution < -0.4 is 5.32 Å². The third-order valence-corrected chi connectivity index (χ3v) is 2.69. The van der Waals surface area contributed by atoms with Gasteiger partial charge in [0.1, 0.15) is 6.04 Å². The molecule has 0 radical (unpaired) electrons. The lowest BCUT2D eigenvalue weighted by Gasteiger charge is -2.35. The Labute approximate surface area is 103 Å². The SMILES string of the molecule is CN(C(=O)N[C@@H](C(=O)O)C(C)(C)C)C(C)(C)C. The molecule has 0 fully saturated rings. The molecular weight excluding hydrogens is 220 g/mol. The summed E-state index contributed by atoms with van der Waals surface area (Å²) in [6.07, 6.45) is 0. The lowest BCUT2D eigenvalue weighted by molar-refractivity contribution is -0.142. The van der Waals surface area contributed by atoms with E-state index in [-0.39, 0.29) is 11.6 Å². The number of hydrogen-bond donors (Lipinski definition) is 2. The third-order valence-electron chi connectivity index (χ3n) is 2.69. The van der Waals surface area contributed by atoms with Gasteiger partial charge in [0.25, 0.3) is 0 Å². The number of carbonyl (C=O) groups excluding carboxylic acids is 1. The Bertz CT molecular complexity index is 300. The molecule has 0 rings (SSSR count). The van der Waals surface area contributed by atoms with Gasteiger partial charge in [-0.3, -0.25) is 0 Å². The summed E-state index contributed by atoms with van der Waals surface area (Å²) in [7, 11) is 1.65. The minimum atomic E-state index is -1.02. The van der Waals surface area contributed by atoms with Crippen LogP contribution >= 0.6 is 0 Å². The highest BCUT2D eigenvalue weighted by atomic mass is 16.4. The first-order valence-electron chi connectivity index (χ1n) is 5.64. The smallest absolute Gasteiger partial charge is 0.326 e. The lowest BCUT2D eigenvalue weighted by atomic mass is 9.87. The molecule has 0 aromatic carbocycles. The molecule has 0 aliphatic rings. The van der Waals surface area contributed by atoms with Crippen molar-refractivity contribution in [2.24, 2.45) is 5.41 Å². The van der Waals surface area contributed by atoms with Gasteiger partial charge in [-0.1, -0.05) is 20.8 Å². The normalized spacial score (nSPS) is 14.1. The van der Waals surface area contributed by atoms with Gasteiger partial charge in [0.2, 0.25) is 0 Å². The Morgan fingerprint density at radius 1 is 1.12 bits per heavy atom. The van der Waals surface area contributed by atoms with Crippen LogP contribution in [0.25, 0.3) is 0 Å². The zero-order valence-electron chi connectivity index (χ0n) is 11.8. The Morgan fingerprint density at radius 2 is 1.53 bits per heavy atom. The number of carbonyl (C=O) groups is 2. The summed E-state index contributed by atoms with van der Waals surface area (Å²) in [5.41, 5.74) is -0.870. The van der Waals surface area contributed by atoms with Gasteiger partial charge >= 0.3 is 12.0 Å². The first-order valence-corrected chi connectivity index (χ1v) is 5.64. The van der Waals surface area contributed by atoms with Crippen molar-refractivity contribution < 1.29 is 14.7 Å². The Kier molecular flexibility index (Phi) is 4.57. The van der Waals surface area contributed by atoms with Crippen molar-refractivity contribution in [1.29, 1.82) is 0 Å². The van der Waals surface area contributed by atoms with Crippen molar-refractivity contribution in [1.82, 2.24) is 10.2 Å². The quantitative estimate of drug-likeness (QED) is 0.779. The molecule has 0 saturated carbocycles. The van der Waals surface area contributed by atoms with Gasteiger partial charge in [0.15, 0.2) is 0 Å². The number of carboxylic acid groups (broad SMARTS) is 1. The number of amides is 2. The first-order chi connectivity index (χ1) is 7.37. The van der Waals surface area contributed by atoms with Crippen LogP contribution in [0.15, 0.2) is 0 Å². The monoisotopic (exact) mass is 244 g/mol. The maximum Gasteiger partial charge on any atom is 0.326 e. The number of rotatable bonds is 2. The summed E-state index contributed by atoms with van der Waals surface area (Å²) in [4.78, 5) is 24.5. The third kappa shape index (κ3) is 4.63. The molecule has 2 amide bonds. The van der Waals surface area contributed by atoms with Crippen LogP contribution in [-0.4, -0.2) is 40.6 Å². The number of aliphatic carboxylic acids is 1. The Morgan fingerprint density at radius 3 is 1.76 bits per heavy atom. The zero-order valence-corrected chi connectivity index (χ0v) is 11.8. The van der Waals surface area contributed by atoms with Crippen LogP contribution in [0.3, 0.4) is 0 Å². The summed E-state index contributed by atoms with van der Waals surface area (Å²) in [5, 5.41) is 11.7. The molecule has 5 heteroatoms. The second-order valence-electron chi connectivity index (χ2n) is 6.32. The summed E-state index contributed by atoms with van der Waals surface area (Å²) in [6, 6.07) is -1.28. The molecule has 0 aliphatic carbocycles. The Balaban J connectivity index is 4.82. The average molecular weight is 244 g/mol. The van der Waals surface area contributed by atoms with Crippen molar-refractivity contribution in [2.45, 2.75) is 53.1 Å². The molecule has 0 saturated heterocycles. The van der Waals surface area contributed by atoms with Crippen LogP contribution in [0.4, 0.5) is 4.79 Å². The number of carboxylic acids is 1. The molecule has 5 nitrogen and oxygen atoms in total. The van der Waals surface area contributed by atoms with Crippen LogP contribution in [0, 0.1) is 5.41 Å². The van der Waals surface area contributed by atoms with Crippen LogP contribution in [0.5, 0.6) is 0 Å². The predicted octanol–water partition coefficient (Wildman–Crippen LogP) is 1.93. The Hall–Kier alpha value is -1.26. The summed E-state index contributed by atoms with van der Waals surface area (Å²) < 4.78 is 0. The fourth-order valence-electron chi connectivity index (χ4n) is 1.17. The standard InChI is InChI=1S/C12H24N2O3/c1-11(2,3)8(9(15)16)13-10(17)14(7)12(4,5)6/h8H,1-7H3,(H,13,17)(H,15,16)/t8-/m0/s1. The number of hydrogen-bond acceptors (Lipinski definition) is 2. The first kappa shape index (κ1) is 15.7. The average Bonchev–Trinajstić information content (AvgIpc) is 2.08. The molecule has 0 spiro atoms.